The molecule has 0 aliphatic heterocycles. The van der Waals surface area contributed by atoms with Crippen LogP contribution in [0.25, 0.3) is 0 Å². The van der Waals surface area contributed by atoms with E-state index < -0.39 is 13.2 Å². The van der Waals surface area contributed by atoms with Crippen LogP contribution in [0.1, 0.15) is 15.9 Å². The van der Waals surface area contributed by atoms with Crippen LogP contribution >= 0.6 is 7.26 Å². The highest BCUT2D eigenvalue weighted by Gasteiger charge is 2.45. The fourth-order valence-electron chi connectivity index (χ4n) is 3.80. The minimum atomic E-state index is -1.96. The van der Waals surface area contributed by atoms with Crippen molar-refractivity contribution < 1.29 is 26.9 Å². The number of rotatable bonds is 6. The summed E-state index contributed by atoms with van der Waals surface area (Å²) in [4.78, 5) is 11.3. The molecule has 4 aromatic carbocycles. The summed E-state index contributed by atoms with van der Waals surface area (Å²) in [5.41, 5.74) is 1.46. The van der Waals surface area contributed by atoms with Crippen molar-refractivity contribution >= 4 is 29.1 Å². The van der Waals surface area contributed by atoms with Crippen LogP contribution in [-0.2, 0) is 6.16 Å². The average Bonchev–Trinajstić information content (AvgIpc) is 2.79. The highest BCUT2D eigenvalue weighted by molar-refractivity contribution is 7.95. The van der Waals surface area contributed by atoms with Crippen LogP contribution in [0.15, 0.2) is 115 Å². The van der Waals surface area contributed by atoms with Gasteiger partial charge in [-0.25, -0.2) is 4.79 Å². The third kappa shape index (κ3) is 4.38. The van der Waals surface area contributed by atoms with Gasteiger partial charge in [-0.1, -0.05) is 66.7 Å². The lowest BCUT2D eigenvalue weighted by Gasteiger charge is -2.27. The lowest BCUT2D eigenvalue weighted by Crippen LogP contribution is -3.00. The van der Waals surface area contributed by atoms with Gasteiger partial charge in [-0.15, -0.1) is 0 Å². The Kier molecular flexibility index (Phi) is 7.20. The van der Waals surface area contributed by atoms with E-state index in [-0.39, 0.29) is 17.0 Å². The molecule has 0 radical (unpaired) electrons. The molecule has 0 atom stereocenters. The average molecular weight is 477 g/mol. The molecule has 0 spiro atoms. The first-order valence-electron chi connectivity index (χ1n) is 9.57. The molecular weight excluding hydrogens is 455 g/mol. The van der Waals surface area contributed by atoms with Gasteiger partial charge in [0, 0.05) is 0 Å². The number of benzene rings is 4. The summed E-state index contributed by atoms with van der Waals surface area (Å²) in [6, 6.07) is 39.4. The van der Waals surface area contributed by atoms with Crippen molar-refractivity contribution in [3.05, 3.63) is 126 Å². The summed E-state index contributed by atoms with van der Waals surface area (Å²) >= 11 is 0. The van der Waals surface area contributed by atoms with Crippen LogP contribution in [0.4, 0.5) is 0 Å². The number of carboxylic acid groups (broad SMARTS) is 1. The Bertz CT molecular complexity index is 986. The zero-order chi connectivity index (χ0) is 20.1. The van der Waals surface area contributed by atoms with Crippen molar-refractivity contribution in [3.63, 3.8) is 0 Å². The summed E-state index contributed by atoms with van der Waals surface area (Å²) in [5, 5.41) is 13.2. The quantitative estimate of drug-likeness (QED) is 0.431. The van der Waals surface area contributed by atoms with E-state index in [4.69, 9.17) is 0 Å². The molecule has 0 aliphatic rings. The SMILES string of the molecule is O=C(O)c1ccc(C[P+](c2ccccc2)(c2ccccc2)c2ccccc2)cc1.[Br-]. The summed E-state index contributed by atoms with van der Waals surface area (Å²) in [5.74, 6) is -0.896. The van der Waals surface area contributed by atoms with Gasteiger partial charge in [0.15, 0.2) is 0 Å². The largest absolute Gasteiger partial charge is 1.00 e. The Morgan fingerprint density at radius 3 is 1.30 bits per heavy atom. The molecule has 0 saturated heterocycles. The molecule has 0 amide bonds. The molecule has 0 unspecified atom stereocenters. The van der Waals surface area contributed by atoms with Crippen LogP contribution in [0.5, 0.6) is 0 Å². The van der Waals surface area contributed by atoms with Crippen molar-refractivity contribution in [3.8, 4) is 0 Å². The van der Waals surface area contributed by atoms with Crippen molar-refractivity contribution in [2.45, 2.75) is 6.16 Å². The summed E-state index contributed by atoms with van der Waals surface area (Å²) in [6.07, 6.45) is 0.838. The lowest BCUT2D eigenvalue weighted by molar-refractivity contribution is -0.0000211. The molecule has 0 saturated carbocycles. The molecule has 1 N–H and O–H groups in total. The van der Waals surface area contributed by atoms with Gasteiger partial charge >= 0.3 is 5.97 Å². The number of hydrogen-bond acceptors (Lipinski definition) is 1. The first-order valence-corrected chi connectivity index (χ1v) is 11.5. The van der Waals surface area contributed by atoms with E-state index in [0.717, 1.165) is 11.7 Å². The van der Waals surface area contributed by atoms with Crippen LogP contribution < -0.4 is 32.9 Å². The Morgan fingerprint density at radius 1 is 0.600 bits per heavy atom. The van der Waals surface area contributed by atoms with Crippen LogP contribution in [0, 0.1) is 0 Å². The smallest absolute Gasteiger partial charge is 0.335 e. The van der Waals surface area contributed by atoms with Crippen molar-refractivity contribution in [1.29, 1.82) is 0 Å². The van der Waals surface area contributed by atoms with E-state index in [9.17, 15) is 9.90 Å². The van der Waals surface area contributed by atoms with Crippen molar-refractivity contribution in [2.24, 2.45) is 0 Å². The molecular formula is C26H22BrO2P. The Balaban J connectivity index is 0.00000256. The number of carbonyl (C=O) groups is 1. The predicted octanol–water partition coefficient (Wildman–Crippen LogP) is 1.88. The van der Waals surface area contributed by atoms with Gasteiger partial charge in [-0.2, -0.15) is 0 Å². The summed E-state index contributed by atoms with van der Waals surface area (Å²) in [6.45, 7) is 0. The predicted molar refractivity (Wildman–Crippen MR) is 122 cm³/mol. The number of hydrogen-bond donors (Lipinski definition) is 1. The standard InChI is InChI=1S/C26H21O2P.BrH/c27-26(28)22-18-16-21(17-19-22)20-29(23-10-4-1-5-11-23,24-12-6-2-7-13-24)25-14-8-3-9-15-25;/h1-19H,20H2;1H. The minimum Gasteiger partial charge on any atom is -1.00 e. The maximum Gasteiger partial charge on any atom is 0.335 e. The molecule has 0 aliphatic carbocycles. The minimum absolute atomic E-state index is 0. The van der Waals surface area contributed by atoms with Crippen LogP contribution in [0.3, 0.4) is 0 Å². The Labute approximate surface area is 188 Å². The van der Waals surface area contributed by atoms with Gasteiger partial charge in [0.1, 0.15) is 23.2 Å². The molecule has 2 nitrogen and oxygen atoms in total. The fourth-order valence-corrected chi connectivity index (χ4v) is 8.04. The van der Waals surface area contributed by atoms with E-state index >= 15 is 0 Å². The fraction of sp³-hybridized carbons (Fsp3) is 0.0385. The normalized spacial score (nSPS) is 10.8. The molecule has 0 aromatic heterocycles. The van der Waals surface area contributed by atoms with E-state index in [1.165, 1.54) is 15.9 Å². The maximum absolute atomic E-state index is 11.3. The zero-order valence-electron chi connectivity index (χ0n) is 16.4. The second-order valence-corrected chi connectivity index (χ2v) is 10.5. The van der Waals surface area contributed by atoms with E-state index in [1.807, 2.05) is 12.1 Å². The van der Waals surface area contributed by atoms with Gasteiger partial charge in [-0.3, -0.25) is 0 Å². The van der Waals surface area contributed by atoms with Crippen molar-refractivity contribution in [2.75, 3.05) is 0 Å². The summed E-state index contributed by atoms with van der Waals surface area (Å²) < 4.78 is 0. The number of aromatic carboxylic acids is 1. The first-order chi connectivity index (χ1) is 14.2. The van der Waals surface area contributed by atoms with Crippen LogP contribution in [0.2, 0.25) is 0 Å². The highest BCUT2D eigenvalue weighted by atomic mass is 79.9. The molecule has 0 fully saturated rings. The van der Waals surface area contributed by atoms with Crippen LogP contribution in [-0.4, -0.2) is 11.1 Å². The van der Waals surface area contributed by atoms with Gasteiger partial charge < -0.3 is 22.1 Å². The molecule has 4 aromatic rings. The molecule has 150 valence electrons. The van der Waals surface area contributed by atoms with Gasteiger partial charge in [0.05, 0.1) is 11.7 Å². The van der Waals surface area contributed by atoms with E-state index in [1.54, 1.807) is 12.1 Å². The highest BCUT2D eigenvalue weighted by Crippen LogP contribution is 2.58. The molecule has 4 rings (SSSR count). The third-order valence-corrected chi connectivity index (χ3v) is 9.59. The van der Waals surface area contributed by atoms with E-state index in [0.29, 0.717) is 5.56 Å². The van der Waals surface area contributed by atoms with Gasteiger partial charge in [0.25, 0.3) is 0 Å². The molecule has 4 heteroatoms. The van der Waals surface area contributed by atoms with Crippen molar-refractivity contribution in [1.82, 2.24) is 0 Å². The van der Waals surface area contributed by atoms with E-state index in [2.05, 4.69) is 91.0 Å². The molecule has 30 heavy (non-hydrogen) atoms. The van der Waals surface area contributed by atoms with Gasteiger partial charge in [0.2, 0.25) is 0 Å². The zero-order valence-corrected chi connectivity index (χ0v) is 18.8. The molecule has 0 bridgehead atoms. The maximum atomic E-state index is 11.3. The Hall–Kier alpha value is -2.74. The number of halogens is 1. The number of carboxylic acids is 1. The Morgan fingerprint density at radius 2 is 0.967 bits per heavy atom. The second kappa shape index (κ2) is 9.84. The van der Waals surface area contributed by atoms with Gasteiger partial charge in [-0.05, 0) is 54.1 Å². The third-order valence-electron chi connectivity index (χ3n) is 5.21. The molecule has 0 heterocycles. The second-order valence-electron chi connectivity index (χ2n) is 6.98. The monoisotopic (exact) mass is 476 g/mol. The first kappa shape index (κ1) is 22.0. The lowest BCUT2D eigenvalue weighted by atomic mass is 10.1. The summed E-state index contributed by atoms with van der Waals surface area (Å²) in [7, 11) is -1.96. The topological polar surface area (TPSA) is 37.3 Å².